The molecule has 1 heterocycles. The SMILES string of the molecule is COCn1cc[n+](Cc2ccccc2)c1Sc1ccccc1.[Br-]. The molecule has 0 bridgehead atoms. The second-order valence-electron chi connectivity index (χ2n) is 5.00. The van der Waals surface area contributed by atoms with Gasteiger partial charge in [0.1, 0.15) is 18.9 Å². The molecule has 0 atom stereocenters. The molecule has 0 spiro atoms. The molecule has 0 radical (unpaired) electrons. The van der Waals surface area contributed by atoms with Gasteiger partial charge in [-0.25, -0.2) is 9.13 Å². The van der Waals surface area contributed by atoms with E-state index in [-0.39, 0.29) is 17.0 Å². The average molecular weight is 391 g/mol. The Morgan fingerprint density at radius 2 is 1.65 bits per heavy atom. The van der Waals surface area contributed by atoms with E-state index in [2.05, 4.69) is 70.1 Å². The summed E-state index contributed by atoms with van der Waals surface area (Å²) in [6, 6.07) is 20.9. The van der Waals surface area contributed by atoms with Gasteiger partial charge in [0.15, 0.2) is 6.73 Å². The lowest BCUT2D eigenvalue weighted by Gasteiger charge is -2.05. The highest BCUT2D eigenvalue weighted by Gasteiger charge is 2.18. The van der Waals surface area contributed by atoms with Crippen LogP contribution in [0.2, 0.25) is 0 Å². The van der Waals surface area contributed by atoms with Gasteiger partial charge < -0.3 is 21.7 Å². The van der Waals surface area contributed by atoms with E-state index < -0.39 is 0 Å². The Morgan fingerprint density at radius 3 is 2.30 bits per heavy atom. The van der Waals surface area contributed by atoms with Crippen LogP contribution in [0.1, 0.15) is 5.56 Å². The van der Waals surface area contributed by atoms with E-state index in [1.165, 1.54) is 10.5 Å². The molecule has 23 heavy (non-hydrogen) atoms. The zero-order valence-corrected chi connectivity index (χ0v) is 15.3. The number of halogens is 1. The molecule has 0 aliphatic heterocycles. The van der Waals surface area contributed by atoms with E-state index in [4.69, 9.17) is 4.74 Å². The maximum absolute atomic E-state index is 5.31. The highest BCUT2D eigenvalue weighted by molar-refractivity contribution is 7.99. The first-order valence-corrected chi connectivity index (χ1v) is 8.03. The minimum absolute atomic E-state index is 0. The molecule has 3 aromatic rings. The van der Waals surface area contributed by atoms with Gasteiger partial charge in [-0.05, 0) is 29.5 Å². The van der Waals surface area contributed by atoms with Crippen LogP contribution in [0.15, 0.2) is 83.1 Å². The van der Waals surface area contributed by atoms with E-state index in [9.17, 15) is 0 Å². The highest BCUT2D eigenvalue weighted by Crippen LogP contribution is 2.25. The third-order valence-electron chi connectivity index (χ3n) is 3.33. The standard InChI is InChI=1S/C18H19N2OS.BrH/c1-21-15-20-13-12-19(14-16-8-4-2-5-9-16)18(20)22-17-10-6-3-7-11-17;/h2-13H,14-15H2,1H3;1H/q+1;/p-1. The first kappa shape index (κ1) is 17.8. The molecule has 0 aliphatic rings. The van der Waals surface area contributed by atoms with Crippen LogP contribution in [0.4, 0.5) is 0 Å². The van der Waals surface area contributed by atoms with E-state index >= 15 is 0 Å². The summed E-state index contributed by atoms with van der Waals surface area (Å²) in [6.07, 6.45) is 4.18. The first-order valence-electron chi connectivity index (χ1n) is 7.21. The van der Waals surface area contributed by atoms with Crippen LogP contribution in [0.5, 0.6) is 0 Å². The third kappa shape index (κ3) is 4.70. The van der Waals surface area contributed by atoms with Crippen LogP contribution in [-0.2, 0) is 18.0 Å². The molecule has 0 unspecified atom stereocenters. The van der Waals surface area contributed by atoms with E-state index in [0.29, 0.717) is 6.73 Å². The topological polar surface area (TPSA) is 18.0 Å². The summed E-state index contributed by atoms with van der Waals surface area (Å²) < 4.78 is 9.69. The third-order valence-corrected chi connectivity index (χ3v) is 4.49. The van der Waals surface area contributed by atoms with Crippen molar-refractivity contribution in [3.8, 4) is 0 Å². The smallest absolute Gasteiger partial charge is 0.325 e. The van der Waals surface area contributed by atoms with Crippen molar-refractivity contribution in [1.29, 1.82) is 0 Å². The van der Waals surface area contributed by atoms with Crippen LogP contribution < -0.4 is 21.5 Å². The summed E-state index contributed by atoms with van der Waals surface area (Å²) in [5, 5.41) is 1.16. The number of rotatable bonds is 6. The van der Waals surface area contributed by atoms with Crippen LogP contribution in [-0.4, -0.2) is 11.7 Å². The zero-order valence-electron chi connectivity index (χ0n) is 12.9. The molecule has 3 nitrogen and oxygen atoms in total. The number of nitrogens with zero attached hydrogens (tertiary/aromatic N) is 2. The largest absolute Gasteiger partial charge is 1.00 e. The van der Waals surface area contributed by atoms with Gasteiger partial charge in [-0.1, -0.05) is 48.5 Å². The molecular formula is C18H19BrN2OS. The van der Waals surface area contributed by atoms with Crippen molar-refractivity contribution in [2.75, 3.05) is 7.11 Å². The van der Waals surface area contributed by atoms with Crippen molar-refractivity contribution in [3.05, 3.63) is 78.6 Å². The van der Waals surface area contributed by atoms with Crippen LogP contribution in [0.3, 0.4) is 0 Å². The van der Waals surface area contributed by atoms with Gasteiger partial charge in [-0.15, -0.1) is 0 Å². The van der Waals surface area contributed by atoms with Crippen molar-refractivity contribution in [2.45, 2.75) is 23.3 Å². The molecule has 0 saturated carbocycles. The fourth-order valence-electron chi connectivity index (χ4n) is 2.30. The number of ether oxygens (including phenoxy) is 1. The summed E-state index contributed by atoms with van der Waals surface area (Å²) in [7, 11) is 1.72. The Bertz CT molecular complexity index is 716. The minimum atomic E-state index is 0. The fourth-order valence-corrected chi connectivity index (χ4v) is 3.28. The van der Waals surface area contributed by atoms with Crippen molar-refractivity contribution in [1.82, 2.24) is 4.57 Å². The molecule has 2 aromatic carbocycles. The second-order valence-corrected chi connectivity index (χ2v) is 6.04. The molecule has 0 aliphatic carbocycles. The van der Waals surface area contributed by atoms with Crippen LogP contribution in [0, 0.1) is 0 Å². The number of imidazole rings is 1. The van der Waals surface area contributed by atoms with Gasteiger partial charge in [0, 0.05) is 12.0 Å². The van der Waals surface area contributed by atoms with Crippen molar-refractivity contribution >= 4 is 11.8 Å². The van der Waals surface area contributed by atoms with Gasteiger partial charge in [0.2, 0.25) is 0 Å². The number of methoxy groups -OCH3 is 1. The summed E-state index contributed by atoms with van der Waals surface area (Å²) >= 11 is 1.75. The Hall–Kier alpha value is -1.56. The Balaban J connectivity index is 0.00000192. The summed E-state index contributed by atoms with van der Waals surface area (Å²) in [6.45, 7) is 1.41. The lowest BCUT2D eigenvalue weighted by molar-refractivity contribution is -0.725. The van der Waals surface area contributed by atoms with Crippen molar-refractivity contribution in [3.63, 3.8) is 0 Å². The Labute approximate surface area is 151 Å². The Morgan fingerprint density at radius 1 is 1.00 bits per heavy atom. The molecule has 5 heteroatoms. The minimum Gasteiger partial charge on any atom is -1.00 e. The molecule has 1 aromatic heterocycles. The summed E-state index contributed by atoms with van der Waals surface area (Å²) in [5.41, 5.74) is 1.29. The van der Waals surface area contributed by atoms with Gasteiger partial charge in [-0.2, -0.15) is 0 Å². The molecule has 120 valence electrons. The number of hydrogen-bond donors (Lipinski definition) is 0. The quantitative estimate of drug-likeness (QED) is 0.573. The summed E-state index contributed by atoms with van der Waals surface area (Å²) in [5.74, 6) is 0. The molecule has 0 amide bonds. The fraction of sp³-hybridized carbons (Fsp3) is 0.167. The number of hydrogen-bond acceptors (Lipinski definition) is 2. The van der Waals surface area contributed by atoms with Crippen LogP contribution >= 0.6 is 11.8 Å². The zero-order chi connectivity index (χ0) is 15.2. The molecule has 0 fully saturated rings. The maximum atomic E-state index is 5.31. The van der Waals surface area contributed by atoms with E-state index in [0.717, 1.165) is 11.7 Å². The van der Waals surface area contributed by atoms with Gasteiger partial charge in [0.05, 0.1) is 0 Å². The average Bonchev–Trinajstić information content (AvgIpc) is 2.92. The Kier molecular flexibility index (Phi) is 6.89. The summed E-state index contributed by atoms with van der Waals surface area (Å²) in [4.78, 5) is 1.22. The molecule has 0 N–H and O–H groups in total. The number of aromatic nitrogens is 2. The van der Waals surface area contributed by atoms with E-state index in [1.807, 2.05) is 12.1 Å². The van der Waals surface area contributed by atoms with Gasteiger partial charge in [0.25, 0.3) is 0 Å². The predicted octanol–water partition coefficient (Wildman–Crippen LogP) is 0.583. The lowest BCUT2D eigenvalue weighted by Crippen LogP contribution is -3.00. The highest BCUT2D eigenvalue weighted by atomic mass is 79.9. The van der Waals surface area contributed by atoms with Crippen LogP contribution in [0.25, 0.3) is 0 Å². The van der Waals surface area contributed by atoms with Crippen molar-refractivity contribution < 1.29 is 26.3 Å². The molecular weight excluding hydrogens is 372 g/mol. The maximum Gasteiger partial charge on any atom is 0.325 e. The molecule has 0 saturated heterocycles. The predicted molar refractivity (Wildman–Crippen MR) is 87.7 cm³/mol. The normalized spacial score (nSPS) is 10.3. The lowest BCUT2D eigenvalue weighted by atomic mass is 10.2. The van der Waals surface area contributed by atoms with Gasteiger partial charge >= 0.3 is 5.16 Å². The van der Waals surface area contributed by atoms with E-state index in [1.54, 1.807) is 18.9 Å². The first-order chi connectivity index (χ1) is 10.9. The second kappa shape index (κ2) is 8.91. The number of benzene rings is 2. The van der Waals surface area contributed by atoms with Gasteiger partial charge in [-0.3, -0.25) is 0 Å². The van der Waals surface area contributed by atoms with Crippen molar-refractivity contribution in [2.24, 2.45) is 0 Å². The monoisotopic (exact) mass is 390 g/mol. The molecule has 3 rings (SSSR count).